The van der Waals surface area contributed by atoms with Crippen molar-refractivity contribution >= 4 is 87.7 Å². The van der Waals surface area contributed by atoms with Crippen LogP contribution in [0.15, 0.2) is 146 Å². The van der Waals surface area contributed by atoms with Gasteiger partial charge in [0.2, 0.25) is 0 Å². The lowest BCUT2D eigenvalue weighted by molar-refractivity contribution is 0.888. The van der Waals surface area contributed by atoms with E-state index >= 15 is 0 Å². The van der Waals surface area contributed by atoms with E-state index in [0.717, 1.165) is 12.8 Å². The Morgan fingerprint density at radius 3 is 1.88 bits per heavy atom. The second-order valence-corrected chi connectivity index (χ2v) is 13.6. The third kappa shape index (κ3) is 3.22. The lowest BCUT2D eigenvalue weighted by Crippen LogP contribution is -2.04. The quantitative estimate of drug-likeness (QED) is 0.182. The Kier molecular flexibility index (Phi) is 4.82. The second-order valence-electron chi connectivity index (χ2n) is 13.6. The van der Waals surface area contributed by atoms with Crippen LogP contribution in [0.4, 0.5) is 0 Å². The topological polar surface area (TPSA) is 14.3 Å². The van der Waals surface area contributed by atoms with Crippen molar-refractivity contribution < 1.29 is 0 Å². The largest absolute Gasteiger partial charge is 0.313 e. The normalized spacial score (nSPS) is 13.5. The number of rotatable bonds is 2. The van der Waals surface area contributed by atoms with Crippen LogP contribution in [0.1, 0.15) is 17.7 Å². The molecule has 0 saturated heterocycles. The summed E-state index contributed by atoms with van der Waals surface area (Å²) in [6.07, 6.45) is 6.74. The Morgan fingerprint density at radius 2 is 1.06 bits per heavy atom. The van der Waals surface area contributed by atoms with Crippen molar-refractivity contribution in [3.05, 3.63) is 157 Å². The SMILES string of the molecule is C1=Cc2c(n(-c3cccc(-n4c5ccccc5c5cc6c7ccccc7n7c8cc9ccccc9cc8c(c54)c67)c3)c3ccccc23)CC1. The Bertz CT molecular complexity index is 3220. The molecule has 0 bridgehead atoms. The fourth-order valence-corrected chi connectivity index (χ4v) is 9.20. The van der Waals surface area contributed by atoms with Gasteiger partial charge in [0.1, 0.15) is 0 Å². The summed E-state index contributed by atoms with van der Waals surface area (Å²) >= 11 is 0. The number of hydrogen-bond donors (Lipinski definition) is 0. The van der Waals surface area contributed by atoms with Crippen molar-refractivity contribution in [2.24, 2.45) is 0 Å². The second kappa shape index (κ2) is 9.18. The van der Waals surface area contributed by atoms with Gasteiger partial charge in [-0.25, -0.2) is 0 Å². The highest BCUT2D eigenvalue weighted by atomic mass is 15.0. The maximum absolute atomic E-state index is 2.53. The fraction of sp³-hybridized carbons (Fsp3) is 0.0435. The fourth-order valence-electron chi connectivity index (χ4n) is 9.20. The first-order valence-corrected chi connectivity index (χ1v) is 17.3. The van der Waals surface area contributed by atoms with E-state index in [4.69, 9.17) is 0 Å². The molecule has 4 aromatic heterocycles. The number of allylic oxidation sites excluding steroid dienone is 1. The van der Waals surface area contributed by atoms with Crippen LogP contribution in [0.5, 0.6) is 0 Å². The standard InChI is InChI=1S/C46H29N3/c1-2-13-29-25-43-38(24-28(29)12-1)44-45-36(27-37-35-19-6-10-23-42(35)49(43)46(37)44)34-18-5-9-22-41(34)48(45)31-15-11-14-30(26-31)47-39-20-7-3-16-32(39)33-17-4-8-21-40(33)47/h1-7,9-20,22-27H,8,21H2. The van der Waals surface area contributed by atoms with Gasteiger partial charge in [0.25, 0.3) is 0 Å². The van der Waals surface area contributed by atoms with E-state index in [2.05, 4.69) is 165 Å². The third-order valence-electron chi connectivity index (χ3n) is 11.2. The predicted molar refractivity (Wildman–Crippen MR) is 207 cm³/mol. The maximum Gasteiger partial charge on any atom is 0.0642 e. The molecular weight excluding hydrogens is 595 g/mol. The highest BCUT2D eigenvalue weighted by molar-refractivity contribution is 6.34. The van der Waals surface area contributed by atoms with Gasteiger partial charge in [-0.1, -0.05) is 97.1 Å². The summed E-state index contributed by atoms with van der Waals surface area (Å²) < 4.78 is 7.56. The van der Waals surface area contributed by atoms with Crippen LogP contribution in [0.3, 0.4) is 0 Å². The molecule has 7 aromatic carbocycles. The predicted octanol–water partition coefficient (Wildman–Crippen LogP) is 12.0. The highest BCUT2D eigenvalue weighted by Gasteiger charge is 2.25. The molecule has 3 heteroatoms. The summed E-state index contributed by atoms with van der Waals surface area (Å²) in [5.74, 6) is 0. The number of fused-ring (bicyclic) bond motifs is 14. The summed E-state index contributed by atoms with van der Waals surface area (Å²) in [6.45, 7) is 0. The van der Waals surface area contributed by atoms with Crippen molar-refractivity contribution in [1.29, 1.82) is 0 Å². The molecule has 0 aliphatic heterocycles. The van der Waals surface area contributed by atoms with Crippen LogP contribution < -0.4 is 0 Å². The van der Waals surface area contributed by atoms with Crippen molar-refractivity contribution in [3.63, 3.8) is 0 Å². The lowest BCUT2D eigenvalue weighted by atomic mass is 10.0. The molecule has 3 nitrogen and oxygen atoms in total. The number of hydrogen-bond acceptors (Lipinski definition) is 0. The Hall–Kier alpha value is -6.32. The van der Waals surface area contributed by atoms with E-state index in [1.165, 1.54) is 104 Å². The van der Waals surface area contributed by atoms with E-state index < -0.39 is 0 Å². The average Bonchev–Trinajstić information content (AvgIpc) is 3.88. The van der Waals surface area contributed by atoms with Gasteiger partial charge in [-0.2, -0.15) is 0 Å². The summed E-state index contributed by atoms with van der Waals surface area (Å²) in [5, 5.41) is 11.7. The van der Waals surface area contributed by atoms with Crippen molar-refractivity contribution in [1.82, 2.24) is 13.5 Å². The number of nitrogens with zero attached hydrogens (tertiary/aromatic N) is 3. The molecule has 4 heterocycles. The lowest BCUT2D eigenvalue weighted by Gasteiger charge is -2.16. The van der Waals surface area contributed by atoms with E-state index in [1.807, 2.05) is 0 Å². The first-order valence-electron chi connectivity index (χ1n) is 17.3. The summed E-state index contributed by atoms with van der Waals surface area (Å²) in [4.78, 5) is 0. The summed E-state index contributed by atoms with van der Waals surface area (Å²) in [6, 6.07) is 52.0. The van der Waals surface area contributed by atoms with E-state index in [9.17, 15) is 0 Å². The number of para-hydroxylation sites is 3. The van der Waals surface area contributed by atoms with Gasteiger partial charge in [0.05, 0.1) is 33.1 Å². The van der Waals surface area contributed by atoms with Gasteiger partial charge >= 0.3 is 0 Å². The summed E-state index contributed by atoms with van der Waals surface area (Å²) in [5.41, 5.74) is 12.7. The number of benzene rings is 7. The molecule has 11 aromatic rings. The van der Waals surface area contributed by atoms with Crippen LogP contribution in [0.25, 0.3) is 99.0 Å². The minimum absolute atomic E-state index is 1.04. The maximum atomic E-state index is 2.53. The average molecular weight is 624 g/mol. The Labute approximate surface area is 281 Å². The smallest absolute Gasteiger partial charge is 0.0642 e. The van der Waals surface area contributed by atoms with Crippen LogP contribution >= 0.6 is 0 Å². The zero-order chi connectivity index (χ0) is 31.8. The van der Waals surface area contributed by atoms with Gasteiger partial charge in [0.15, 0.2) is 0 Å². The monoisotopic (exact) mass is 623 g/mol. The zero-order valence-electron chi connectivity index (χ0n) is 26.7. The molecule has 0 fully saturated rings. The molecule has 0 unspecified atom stereocenters. The van der Waals surface area contributed by atoms with Crippen molar-refractivity contribution in [3.8, 4) is 11.4 Å². The molecule has 1 aliphatic carbocycles. The zero-order valence-corrected chi connectivity index (χ0v) is 26.7. The van der Waals surface area contributed by atoms with E-state index in [-0.39, 0.29) is 0 Å². The minimum Gasteiger partial charge on any atom is -0.313 e. The molecule has 1 aliphatic rings. The molecule has 0 N–H and O–H groups in total. The van der Waals surface area contributed by atoms with Crippen molar-refractivity contribution in [2.75, 3.05) is 0 Å². The Balaban J connectivity index is 1.26. The Morgan fingerprint density at radius 1 is 0.429 bits per heavy atom. The minimum atomic E-state index is 1.04. The highest BCUT2D eigenvalue weighted by Crippen LogP contribution is 2.47. The van der Waals surface area contributed by atoms with Crippen molar-refractivity contribution in [2.45, 2.75) is 12.8 Å². The van der Waals surface area contributed by atoms with Crippen LogP contribution in [-0.2, 0) is 6.42 Å². The van der Waals surface area contributed by atoms with Gasteiger partial charge < -0.3 is 13.5 Å². The molecular formula is C46H29N3. The van der Waals surface area contributed by atoms with E-state index in [1.54, 1.807) is 0 Å². The molecule has 49 heavy (non-hydrogen) atoms. The molecule has 12 rings (SSSR count). The first kappa shape index (κ1) is 25.7. The van der Waals surface area contributed by atoms with Crippen LogP contribution in [-0.4, -0.2) is 13.5 Å². The summed E-state index contributed by atoms with van der Waals surface area (Å²) in [7, 11) is 0. The molecule has 0 saturated carbocycles. The van der Waals surface area contributed by atoms with Gasteiger partial charge in [-0.3, -0.25) is 0 Å². The molecule has 0 spiro atoms. The third-order valence-corrected chi connectivity index (χ3v) is 11.2. The van der Waals surface area contributed by atoms with Crippen LogP contribution in [0.2, 0.25) is 0 Å². The van der Waals surface area contributed by atoms with E-state index in [0.29, 0.717) is 0 Å². The first-order chi connectivity index (χ1) is 24.3. The van der Waals surface area contributed by atoms with Crippen LogP contribution in [0, 0.1) is 0 Å². The van der Waals surface area contributed by atoms with Gasteiger partial charge in [-0.05, 0) is 78.2 Å². The molecule has 0 atom stereocenters. The molecule has 228 valence electrons. The molecule has 0 amide bonds. The molecule has 0 radical (unpaired) electrons. The number of aromatic nitrogens is 3. The van der Waals surface area contributed by atoms with Gasteiger partial charge in [-0.15, -0.1) is 0 Å². The van der Waals surface area contributed by atoms with Gasteiger partial charge in [0, 0.05) is 60.3 Å².